The lowest BCUT2D eigenvalue weighted by Crippen LogP contribution is -2.34. The molecule has 1 N–H and O–H groups in total. The van der Waals surface area contributed by atoms with Crippen molar-refractivity contribution in [3.8, 4) is 0 Å². The summed E-state index contributed by atoms with van der Waals surface area (Å²) in [6.07, 6.45) is 4.53. The summed E-state index contributed by atoms with van der Waals surface area (Å²) >= 11 is 6.25. The molecule has 0 unspecified atom stereocenters. The molecule has 0 amide bonds. The van der Waals surface area contributed by atoms with Gasteiger partial charge >= 0.3 is 5.97 Å². The largest absolute Gasteiger partial charge is 0.478 e. The average molecular weight is 411 g/mol. The Morgan fingerprint density at radius 3 is 2.93 bits per heavy atom. The van der Waals surface area contributed by atoms with E-state index in [-0.39, 0.29) is 5.92 Å². The van der Waals surface area contributed by atoms with Crippen molar-refractivity contribution in [3.05, 3.63) is 88.1 Å². The molecule has 1 aromatic heterocycles. The van der Waals surface area contributed by atoms with Crippen molar-refractivity contribution < 1.29 is 14.3 Å². The highest BCUT2D eigenvalue weighted by Gasteiger charge is 2.25. The summed E-state index contributed by atoms with van der Waals surface area (Å²) in [5.74, 6) is 0.941. The third kappa shape index (κ3) is 4.86. The topological polar surface area (TPSA) is 66.6 Å². The van der Waals surface area contributed by atoms with E-state index in [1.54, 1.807) is 24.4 Å². The van der Waals surface area contributed by atoms with Gasteiger partial charge in [-0.3, -0.25) is 4.90 Å². The van der Waals surface area contributed by atoms with E-state index < -0.39 is 5.97 Å². The lowest BCUT2D eigenvalue weighted by Gasteiger charge is -2.31. The zero-order chi connectivity index (χ0) is 20.2. The van der Waals surface area contributed by atoms with E-state index in [0.29, 0.717) is 12.0 Å². The molecule has 0 bridgehead atoms. The van der Waals surface area contributed by atoms with Gasteiger partial charge in [-0.05, 0) is 48.7 Å². The van der Waals surface area contributed by atoms with E-state index in [2.05, 4.69) is 9.88 Å². The predicted octanol–water partition coefficient (Wildman–Crippen LogP) is 5.00. The second-order valence-electron chi connectivity index (χ2n) is 7.51. The van der Waals surface area contributed by atoms with Crippen LogP contribution in [0.4, 0.5) is 0 Å². The quantitative estimate of drug-likeness (QED) is 0.619. The van der Waals surface area contributed by atoms with Crippen molar-refractivity contribution in [3.63, 3.8) is 0 Å². The fraction of sp³-hybridized carbons (Fsp3) is 0.304. The van der Waals surface area contributed by atoms with Gasteiger partial charge in [-0.2, -0.15) is 0 Å². The van der Waals surface area contributed by atoms with Crippen LogP contribution < -0.4 is 0 Å². The maximum Gasteiger partial charge on any atom is 0.335 e. The average Bonchev–Trinajstić information content (AvgIpc) is 3.19. The van der Waals surface area contributed by atoms with Gasteiger partial charge < -0.3 is 9.52 Å². The number of aromatic nitrogens is 1. The van der Waals surface area contributed by atoms with E-state index in [9.17, 15) is 9.90 Å². The number of halogens is 1. The molecule has 2 aromatic carbocycles. The molecule has 0 spiro atoms. The predicted molar refractivity (Wildman–Crippen MR) is 111 cm³/mol. The lowest BCUT2D eigenvalue weighted by molar-refractivity contribution is 0.0696. The Labute approximate surface area is 174 Å². The molecule has 0 saturated carbocycles. The Hall–Kier alpha value is -2.63. The normalized spacial score (nSPS) is 17.3. The summed E-state index contributed by atoms with van der Waals surface area (Å²) in [4.78, 5) is 18.1. The van der Waals surface area contributed by atoms with Gasteiger partial charge in [0.1, 0.15) is 5.76 Å². The number of oxazole rings is 1. The minimum atomic E-state index is -0.894. The third-order valence-corrected chi connectivity index (χ3v) is 5.70. The molecule has 1 saturated heterocycles. The Balaban J connectivity index is 1.41. The van der Waals surface area contributed by atoms with Gasteiger partial charge in [-0.15, -0.1) is 0 Å². The molecule has 1 atom stereocenters. The minimum absolute atomic E-state index is 0.242. The summed E-state index contributed by atoms with van der Waals surface area (Å²) in [6, 6.07) is 14.9. The number of rotatable bonds is 6. The smallest absolute Gasteiger partial charge is 0.335 e. The molecular formula is C23H23ClN2O3. The molecule has 3 aromatic rings. The van der Waals surface area contributed by atoms with E-state index >= 15 is 0 Å². The monoisotopic (exact) mass is 410 g/mol. The van der Waals surface area contributed by atoms with Crippen LogP contribution in [0.3, 0.4) is 0 Å². The van der Waals surface area contributed by atoms with Crippen LogP contribution in [-0.4, -0.2) is 34.0 Å². The summed E-state index contributed by atoms with van der Waals surface area (Å²) in [6.45, 7) is 2.56. The number of carbonyl (C=O) groups is 1. The molecule has 5 nitrogen and oxygen atoms in total. The fourth-order valence-electron chi connectivity index (χ4n) is 3.88. The second kappa shape index (κ2) is 8.80. The van der Waals surface area contributed by atoms with Crippen molar-refractivity contribution >= 4 is 17.6 Å². The Morgan fingerprint density at radius 2 is 2.10 bits per heavy atom. The number of benzene rings is 2. The van der Waals surface area contributed by atoms with E-state index in [0.717, 1.165) is 60.3 Å². The van der Waals surface area contributed by atoms with Gasteiger partial charge in [0.2, 0.25) is 0 Å². The van der Waals surface area contributed by atoms with Gasteiger partial charge in [0.25, 0.3) is 0 Å². The first kappa shape index (κ1) is 19.7. The van der Waals surface area contributed by atoms with Gasteiger partial charge in [-0.1, -0.05) is 41.9 Å². The van der Waals surface area contributed by atoms with Crippen molar-refractivity contribution in [1.29, 1.82) is 0 Å². The highest BCUT2D eigenvalue weighted by molar-refractivity contribution is 6.31. The fourth-order valence-corrected chi connectivity index (χ4v) is 4.09. The maximum atomic E-state index is 11.2. The van der Waals surface area contributed by atoms with Gasteiger partial charge in [0.15, 0.2) is 5.89 Å². The summed E-state index contributed by atoms with van der Waals surface area (Å²) in [5.41, 5.74) is 2.37. The van der Waals surface area contributed by atoms with Crippen LogP contribution in [0.25, 0.3) is 0 Å². The van der Waals surface area contributed by atoms with Crippen molar-refractivity contribution in [2.45, 2.75) is 31.7 Å². The second-order valence-corrected chi connectivity index (χ2v) is 7.92. The number of hydrogen-bond donors (Lipinski definition) is 1. The van der Waals surface area contributed by atoms with E-state index in [1.807, 2.05) is 30.3 Å². The number of carboxylic acids is 1. The zero-order valence-corrected chi connectivity index (χ0v) is 16.8. The number of piperidine rings is 1. The first-order valence-electron chi connectivity index (χ1n) is 9.81. The summed E-state index contributed by atoms with van der Waals surface area (Å²) in [5, 5.41) is 9.92. The van der Waals surface area contributed by atoms with Crippen LogP contribution in [0.2, 0.25) is 5.02 Å². The van der Waals surface area contributed by atoms with Crippen LogP contribution in [0.5, 0.6) is 0 Å². The Morgan fingerprint density at radius 1 is 1.24 bits per heavy atom. The van der Waals surface area contributed by atoms with Crippen molar-refractivity contribution in [2.75, 3.05) is 13.1 Å². The van der Waals surface area contributed by atoms with Crippen molar-refractivity contribution in [2.24, 2.45) is 0 Å². The van der Waals surface area contributed by atoms with Crippen molar-refractivity contribution in [1.82, 2.24) is 9.88 Å². The van der Waals surface area contributed by atoms with E-state index in [4.69, 9.17) is 16.0 Å². The third-order valence-electron chi connectivity index (χ3n) is 5.33. The SMILES string of the molecule is O=C(O)c1cccc(CN2CCC[C@@H](c3ncc(Cc4ccccc4Cl)o3)C2)c1. The zero-order valence-electron chi connectivity index (χ0n) is 16.1. The number of nitrogens with zero attached hydrogens (tertiary/aromatic N) is 2. The van der Waals surface area contributed by atoms with Crippen LogP contribution >= 0.6 is 11.6 Å². The maximum absolute atomic E-state index is 11.2. The molecular weight excluding hydrogens is 388 g/mol. The molecule has 4 rings (SSSR count). The Bertz CT molecular complexity index is 1000. The summed E-state index contributed by atoms with van der Waals surface area (Å²) in [7, 11) is 0. The number of carboxylic acid groups (broad SMARTS) is 1. The number of likely N-dealkylation sites (tertiary alicyclic amines) is 1. The number of hydrogen-bond acceptors (Lipinski definition) is 4. The van der Waals surface area contributed by atoms with Gasteiger partial charge in [-0.25, -0.2) is 9.78 Å². The Kier molecular flexibility index (Phi) is 5.97. The summed E-state index contributed by atoms with van der Waals surface area (Å²) < 4.78 is 6.06. The highest BCUT2D eigenvalue weighted by atomic mass is 35.5. The molecule has 1 fully saturated rings. The molecule has 29 heavy (non-hydrogen) atoms. The van der Waals surface area contributed by atoms with Crippen LogP contribution in [-0.2, 0) is 13.0 Å². The first-order chi connectivity index (χ1) is 14.1. The minimum Gasteiger partial charge on any atom is -0.478 e. The van der Waals surface area contributed by atoms with Gasteiger partial charge in [0, 0.05) is 30.5 Å². The first-order valence-corrected chi connectivity index (χ1v) is 10.2. The van der Waals surface area contributed by atoms with Crippen LogP contribution in [0, 0.1) is 0 Å². The molecule has 1 aliphatic rings. The standard InChI is InChI=1S/C23H23ClN2O3/c24-21-9-2-1-6-17(21)12-20-13-25-22(29-20)19-8-4-10-26(15-19)14-16-5-3-7-18(11-16)23(27)28/h1-3,5-7,9,11,13,19H,4,8,10,12,14-15H2,(H,27,28)/t19-/m1/s1. The number of aromatic carboxylic acids is 1. The molecule has 0 aliphatic carbocycles. The van der Waals surface area contributed by atoms with Gasteiger partial charge in [0.05, 0.1) is 11.8 Å². The molecule has 6 heteroatoms. The molecule has 0 radical (unpaired) electrons. The molecule has 2 heterocycles. The van der Waals surface area contributed by atoms with Crippen LogP contribution in [0.15, 0.2) is 59.1 Å². The lowest BCUT2D eigenvalue weighted by atomic mass is 9.97. The van der Waals surface area contributed by atoms with Crippen LogP contribution in [0.1, 0.15) is 51.9 Å². The highest BCUT2D eigenvalue weighted by Crippen LogP contribution is 2.29. The molecule has 150 valence electrons. The van der Waals surface area contributed by atoms with E-state index in [1.165, 1.54) is 0 Å². The molecule has 1 aliphatic heterocycles.